The molecule has 0 bridgehead atoms. The van der Waals surface area contributed by atoms with Crippen LogP contribution in [0.25, 0.3) is 0 Å². The first-order valence-electron chi connectivity index (χ1n) is 5.88. The zero-order valence-corrected chi connectivity index (χ0v) is 10.6. The van der Waals surface area contributed by atoms with Crippen molar-refractivity contribution in [3.63, 3.8) is 0 Å². The lowest BCUT2D eigenvalue weighted by molar-refractivity contribution is 1.31. The number of aryl methyl sites for hydroxylation is 1. The Kier molecular flexibility index (Phi) is 3.63. The highest BCUT2D eigenvalue weighted by Crippen LogP contribution is 2.11. The number of benzene rings is 2. The zero-order valence-electron chi connectivity index (χ0n) is 10.6. The topological polar surface area (TPSA) is 50.4 Å². The van der Waals surface area contributed by atoms with Crippen molar-refractivity contribution in [2.45, 2.75) is 13.8 Å². The Morgan fingerprint density at radius 2 is 1.83 bits per heavy atom. The van der Waals surface area contributed by atoms with Crippen LogP contribution in [0, 0.1) is 6.92 Å². The highest BCUT2D eigenvalue weighted by Gasteiger charge is 1.97. The second-order valence-electron chi connectivity index (χ2n) is 4.30. The molecule has 92 valence electrons. The maximum absolute atomic E-state index is 5.65. The molecule has 0 aromatic heterocycles. The molecule has 0 amide bonds. The highest BCUT2D eigenvalue weighted by atomic mass is 15.3. The molecule has 2 aromatic rings. The van der Waals surface area contributed by atoms with Crippen LogP contribution >= 0.6 is 0 Å². The van der Waals surface area contributed by atoms with Crippen LogP contribution in [-0.2, 0) is 0 Å². The van der Waals surface area contributed by atoms with Gasteiger partial charge >= 0.3 is 0 Å². The number of anilines is 2. The van der Waals surface area contributed by atoms with Gasteiger partial charge in [0, 0.05) is 5.69 Å². The smallest absolute Gasteiger partial charge is 0.0648 e. The number of nitrogen functional groups attached to an aromatic ring is 1. The summed E-state index contributed by atoms with van der Waals surface area (Å²) in [5, 5.41) is 4.36. The number of hydrazone groups is 1. The third-order valence-corrected chi connectivity index (χ3v) is 2.70. The number of rotatable bonds is 3. The molecule has 0 aliphatic heterocycles. The van der Waals surface area contributed by atoms with E-state index in [4.69, 9.17) is 5.73 Å². The third kappa shape index (κ3) is 3.10. The van der Waals surface area contributed by atoms with Crippen molar-refractivity contribution in [1.29, 1.82) is 0 Å². The molecule has 3 nitrogen and oxygen atoms in total. The van der Waals surface area contributed by atoms with Gasteiger partial charge in [0.1, 0.15) is 0 Å². The summed E-state index contributed by atoms with van der Waals surface area (Å²) in [4.78, 5) is 0. The molecule has 0 saturated carbocycles. The third-order valence-electron chi connectivity index (χ3n) is 2.70. The second kappa shape index (κ2) is 5.36. The molecular weight excluding hydrogens is 222 g/mol. The van der Waals surface area contributed by atoms with E-state index >= 15 is 0 Å². The summed E-state index contributed by atoms with van der Waals surface area (Å²) in [6.45, 7) is 4.02. The van der Waals surface area contributed by atoms with Gasteiger partial charge in [-0.05, 0) is 49.2 Å². The highest BCUT2D eigenvalue weighted by molar-refractivity contribution is 5.99. The van der Waals surface area contributed by atoms with E-state index in [1.807, 2.05) is 43.3 Å². The van der Waals surface area contributed by atoms with E-state index in [1.54, 1.807) is 0 Å². The average molecular weight is 239 g/mol. The van der Waals surface area contributed by atoms with Crippen LogP contribution in [0.2, 0.25) is 0 Å². The maximum Gasteiger partial charge on any atom is 0.0648 e. The largest absolute Gasteiger partial charge is 0.399 e. The van der Waals surface area contributed by atoms with E-state index in [2.05, 4.69) is 29.6 Å². The second-order valence-corrected chi connectivity index (χ2v) is 4.30. The Morgan fingerprint density at radius 3 is 2.50 bits per heavy atom. The zero-order chi connectivity index (χ0) is 13.0. The fraction of sp³-hybridized carbons (Fsp3) is 0.133. The first-order valence-corrected chi connectivity index (χ1v) is 5.88. The van der Waals surface area contributed by atoms with Gasteiger partial charge in [-0.15, -0.1) is 0 Å². The summed E-state index contributed by atoms with van der Waals surface area (Å²) in [6.07, 6.45) is 0. The summed E-state index contributed by atoms with van der Waals surface area (Å²) >= 11 is 0. The molecule has 3 heteroatoms. The van der Waals surface area contributed by atoms with Crippen LogP contribution in [0.3, 0.4) is 0 Å². The lowest BCUT2D eigenvalue weighted by Crippen LogP contribution is -2.00. The Labute approximate surface area is 107 Å². The molecule has 0 atom stereocenters. The lowest BCUT2D eigenvalue weighted by atomic mass is 10.1. The molecule has 0 heterocycles. The fourth-order valence-corrected chi connectivity index (χ4v) is 1.65. The first kappa shape index (κ1) is 12.2. The Balaban J connectivity index is 2.11. The van der Waals surface area contributed by atoms with Gasteiger partial charge in [-0.3, -0.25) is 5.43 Å². The van der Waals surface area contributed by atoms with Crippen LogP contribution in [-0.4, -0.2) is 5.71 Å². The number of nitrogens with one attached hydrogen (secondary N) is 1. The van der Waals surface area contributed by atoms with Crippen molar-refractivity contribution >= 4 is 17.1 Å². The van der Waals surface area contributed by atoms with Gasteiger partial charge in [0.05, 0.1) is 11.4 Å². The molecule has 2 aromatic carbocycles. The van der Waals surface area contributed by atoms with Crippen LogP contribution in [0.15, 0.2) is 53.6 Å². The van der Waals surface area contributed by atoms with Gasteiger partial charge in [-0.25, -0.2) is 0 Å². The van der Waals surface area contributed by atoms with Crippen molar-refractivity contribution < 1.29 is 0 Å². The number of nitrogens with two attached hydrogens (primary N) is 1. The summed E-state index contributed by atoms with van der Waals surface area (Å²) in [5.41, 5.74) is 13.7. The number of hydrogen-bond donors (Lipinski definition) is 2. The van der Waals surface area contributed by atoms with E-state index in [1.165, 1.54) is 5.56 Å². The number of hydrogen-bond acceptors (Lipinski definition) is 3. The molecule has 0 spiro atoms. The predicted molar refractivity (Wildman–Crippen MR) is 77.9 cm³/mol. The summed E-state index contributed by atoms with van der Waals surface area (Å²) in [7, 11) is 0. The van der Waals surface area contributed by atoms with Crippen molar-refractivity contribution in [2.24, 2.45) is 5.10 Å². The average Bonchev–Trinajstić information content (AvgIpc) is 2.37. The summed E-state index contributed by atoms with van der Waals surface area (Å²) in [6, 6.07) is 15.8. The van der Waals surface area contributed by atoms with Crippen molar-refractivity contribution in [3.05, 3.63) is 59.7 Å². The number of nitrogens with zero attached hydrogens (tertiary/aromatic N) is 1. The molecule has 0 aliphatic carbocycles. The molecule has 18 heavy (non-hydrogen) atoms. The Morgan fingerprint density at radius 1 is 1.11 bits per heavy atom. The van der Waals surface area contributed by atoms with E-state index in [-0.39, 0.29) is 0 Å². The monoisotopic (exact) mass is 239 g/mol. The molecule has 0 radical (unpaired) electrons. The molecule has 0 unspecified atom stereocenters. The lowest BCUT2D eigenvalue weighted by Gasteiger charge is -2.04. The van der Waals surface area contributed by atoms with Crippen LogP contribution in [0.4, 0.5) is 11.4 Å². The Hall–Kier alpha value is -2.29. The molecular formula is C15H17N3. The fourth-order valence-electron chi connectivity index (χ4n) is 1.65. The molecule has 2 rings (SSSR count). The van der Waals surface area contributed by atoms with Gasteiger partial charge < -0.3 is 5.73 Å². The Bertz CT molecular complexity index is 556. The molecule has 3 N–H and O–H groups in total. The SMILES string of the molecule is C/C(=N/Nc1cccc(C)c1)c1ccc(N)cc1. The minimum Gasteiger partial charge on any atom is -0.399 e. The minimum atomic E-state index is 0.762. The van der Waals surface area contributed by atoms with Gasteiger partial charge in [0.15, 0.2) is 0 Å². The summed E-state index contributed by atoms with van der Waals surface area (Å²) < 4.78 is 0. The quantitative estimate of drug-likeness (QED) is 0.490. The first-order chi connectivity index (χ1) is 8.65. The standard InChI is InChI=1S/C15H17N3/c1-11-4-3-5-15(10-11)18-17-12(2)13-6-8-14(16)9-7-13/h3-10,18H,16H2,1-2H3/b17-12-. The van der Waals surface area contributed by atoms with Gasteiger partial charge in [-0.2, -0.15) is 5.10 Å². The van der Waals surface area contributed by atoms with Crippen LogP contribution in [0.1, 0.15) is 18.1 Å². The molecule has 0 aliphatic rings. The molecule has 0 fully saturated rings. The van der Waals surface area contributed by atoms with E-state index < -0.39 is 0 Å². The maximum atomic E-state index is 5.65. The van der Waals surface area contributed by atoms with E-state index in [9.17, 15) is 0 Å². The van der Waals surface area contributed by atoms with E-state index in [0.29, 0.717) is 0 Å². The van der Waals surface area contributed by atoms with Crippen LogP contribution < -0.4 is 11.2 Å². The predicted octanol–water partition coefficient (Wildman–Crippen LogP) is 3.41. The normalized spacial score (nSPS) is 11.3. The summed E-state index contributed by atoms with van der Waals surface area (Å²) in [5.74, 6) is 0. The van der Waals surface area contributed by atoms with Crippen molar-refractivity contribution in [1.82, 2.24) is 0 Å². The van der Waals surface area contributed by atoms with Crippen LogP contribution in [0.5, 0.6) is 0 Å². The van der Waals surface area contributed by atoms with Gasteiger partial charge in [0.25, 0.3) is 0 Å². The van der Waals surface area contributed by atoms with Crippen molar-refractivity contribution in [2.75, 3.05) is 11.2 Å². The minimum absolute atomic E-state index is 0.762. The van der Waals surface area contributed by atoms with Gasteiger partial charge in [0.2, 0.25) is 0 Å². The van der Waals surface area contributed by atoms with Gasteiger partial charge in [-0.1, -0.05) is 24.3 Å². The van der Waals surface area contributed by atoms with Crippen molar-refractivity contribution in [3.8, 4) is 0 Å². The molecule has 0 saturated heterocycles. The van der Waals surface area contributed by atoms with E-state index in [0.717, 1.165) is 22.6 Å².